The van der Waals surface area contributed by atoms with Gasteiger partial charge in [-0.25, -0.2) is 9.38 Å². The number of hydrogen-bond donors (Lipinski definition) is 0. The quantitative estimate of drug-likeness (QED) is 0.402. The molecule has 7 heteroatoms. The van der Waals surface area contributed by atoms with E-state index in [4.69, 9.17) is 16.3 Å². The first kappa shape index (κ1) is 15.8. The van der Waals surface area contributed by atoms with Crippen LogP contribution in [0.1, 0.15) is 12.5 Å². The van der Waals surface area contributed by atoms with Gasteiger partial charge < -0.3 is 4.74 Å². The number of carbonyl (C=O) groups excluding carboxylic acids is 1. The minimum Gasteiger partial charge on any atom is -0.426 e. The van der Waals surface area contributed by atoms with Crippen LogP contribution >= 0.6 is 22.9 Å². The topological polar surface area (TPSA) is 60.7 Å². The fraction of sp³-hybridized carbons (Fsp3) is 0.0556. The molecule has 0 amide bonds. The molecule has 0 unspecified atom stereocenters. The Morgan fingerprint density at radius 1 is 1.28 bits per heavy atom. The summed E-state index contributed by atoms with van der Waals surface area (Å²) < 4.78 is 7.26. The van der Waals surface area contributed by atoms with Crippen LogP contribution in [0.2, 0.25) is 5.02 Å². The van der Waals surface area contributed by atoms with Crippen LogP contribution in [0.25, 0.3) is 22.1 Å². The Morgan fingerprint density at radius 2 is 2.08 bits per heavy atom. The Morgan fingerprint density at radius 3 is 2.88 bits per heavy atom. The van der Waals surface area contributed by atoms with E-state index in [0.717, 1.165) is 11.0 Å². The first-order valence-corrected chi connectivity index (χ1v) is 8.62. The van der Waals surface area contributed by atoms with E-state index >= 15 is 0 Å². The fourth-order valence-corrected chi connectivity index (χ4v) is 3.79. The molecule has 4 rings (SSSR count). The predicted octanol–water partition coefficient (Wildman–Crippen LogP) is 3.04. The summed E-state index contributed by atoms with van der Waals surface area (Å²) in [6, 6.07) is 12.4. The smallest absolute Gasteiger partial charge is 0.308 e. The summed E-state index contributed by atoms with van der Waals surface area (Å²) in [7, 11) is 0. The van der Waals surface area contributed by atoms with Gasteiger partial charge in [-0.3, -0.25) is 9.59 Å². The molecular weight excluding hydrogens is 360 g/mol. The molecule has 0 spiro atoms. The van der Waals surface area contributed by atoms with Crippen molar-refractivity contribution in [2.24, 2.45) is 0 Å². The molecule has 0 atom stereocenters. The summed E-state index contributed by atoms with van der Waals surface area (Å²) in [6.07, 6.45) is 1.67. The summed E-state index contributed by atoms with van der Waals surface area (Å²) in [5.74, 6) is -0.0847. The standard InChI is InChI=1S/C18H11ClN2O3S/c1-10(22)24-15-7-6-12(19)8-11(15)9-16-17(23)21-14-5-3-2-4-13(14)20-18(21)25-16/h2-9H,1H3. The van der Waals surface area contributed by atoms with Gasteiger partial charge in [0.2, 0.25) is 0 Å². The number of nitrogens with zero attached hydrogens (tertiary/aromatic N) is 2. The van der Waals surface area contributed by atoms with Crippen LogP contribution in [0.15, 0.2) is 47.3 Å². The Balaban J connectivity index is 1.96. The lowest BCUT2D eigenvalue weighted by molar-refractivity contribution is -0.131. The molecule has 0 N–H and O–H groups in total. The Hall–Kier alpha value is -2.70. The maximum absolute atomic E-state index is 12.8. The van der Waals surface area contributed by atoms with Gasteiger partial charge in [0.15, 0.2) is 4.96 Å². The molecule has 2 aromatic carbocycles. The monoisotopic (exact) mass is 370 g/mol. The highest BCUT2D eigenvalue weighted by atomic mass is 35.5. The number of hydrogen-bond acceptors (Lipinski definition) is 5. The SMILES string of the molecule is CC(=O)Oc1ccc(Cl)cc1C=c1sc2nc3ccccc3n2c1=O. The molecule has 0 fully saturated rings. The molecule has 4 aromatic rings. The number of para-hydroxylation sites is 2. The molecule has 0 aliphatic rings. The van der Waals surface area contributed by atoms with Crippen molar-refractivity contribution >= 4 is 51.0 Å². The number of fused-ring (bicyclic) bond motifs is 3. The average Bonchev–Trinajstić information content (AvgIpc) is 3.07. The molecule has 0 saturated heterocycles. The molecule has 0 bridgehead atoms. The van der Waals surface area contributed by atoms with Crippen LogP contribution in [0.4, 0.5) is 0 Å². The van der Waals surface area contributed by atoms with Crippen molar-refractivity contribution in [2.45, 2.75) is 6.92 Å². The number of thiazole rings is 1. The van der Waals surface area contributed by atoms with E-state index in [1.807, 2.05) is 24.3 Å². The zero-order chi connectivity index (χ0) is 17.6. The number of benzene rings is 2. The molecule has 124 valence electrons. The zero-order valence-electron chi connectivity index (χ0n) is 13.0. The molecule has 5 nitrogen and oxygen atoms in total. The van der Waals surface area contributed by atoms with Crippen molar-refractivity contribution < 1.29 is 9.53 Å². The van der Waals surface area contributed by atoms with Crippen molar-refractivity contribution in [1.29, 1.82) is 0 Å². The van der Waals surface area contributed by atoms with Gasteiger partial charge in [0.05, 0.1) is 15.6 Å². The Kier molecular flexibility index (Phi) is 3.78. The number of halogens is 1. The van der Waals surface area contributed by atoms with Gasteiger partial charge >= 0.3 is 5.97 Å². The largest absolute Gasteiger partial charge is 0.426 e. The van der Waals surface area contributed by atoms with Crippen LogP contribution in [0.3, 0.4) is 0 Å². The molecule has 25 heavy (non-hydrogen) atoms. The van der Waals surface area contributed by atoms with E-state index in [1.54, 1.807) is 28.7 Å². The summed E-state index contributed by atoms with van der Waals surface area (Å²) >= 11 is 7.32. The van der Waals surface area contributed by atoms with E-state index in [1.165, 1.54) is 18.3 Å². The van der Waals surface area contributed by atoms with Crippen molar-refractivity contribution in [3.8, 4) is 5.75 Å². The second-order valence-corrected chi connectivity index (χ2v) is 6.86. The van der Waals surface area contributed by atoms with Crippen molar-refractivity contribution in [1.82, 2.24) is 9.38 Å². The first-order valence-electron chi connectivity index (χ1n) is 7.42. The number of imidazole rings is 1. The van der Waals surface area contributed by atoms with E-state index in [-0.39, 0.29) is 5.56 Å². The third-order valence-electron chi connectivity index (χ3n) is 3.66. The van der Waals surface area contributed by atoms with Crippen molar-refractivity contribution in [3.05, 3.63) is 67.9 Å². The van der Waals surface area contributed by atoms with Crippen LogP contribution in [0, 0.1) is 0 Å². The van der Waals surface area contributed by atoms with Crippen LogP contribution in [-0.2, 0) is 4.79 Å². The number of esters is 1. The second-order valence-electron chi connectivity index (χ2n) is 5.41. The third-order valence-corrected chi connectivity index (χ3v) is 4.86. The van der Waals surface area contributed by atoms with Gasteiger partial charge in [-0.15, -0.1) is 0 Å². The highest BCUT2D eigenvalue weighted by Gasteiger charge is 2.12. The lowest BCUT2D eigenvalue weighted by Gasteiger charge is -2.05. The molecule has 0 saturated carbocycles. The van der Waals surface area contributed by atoms with E-state index in [2.05, 4.69) is 4.98 Å². The van der Waals surface area contributed by atoms with Crippen LogP contribution in [0.5, 0.6) is 5.75 Å². The number of ether oxygens (including phenoxy) is 1. The summed E-state index contributed by atoms with van der Waals surface area (Å²) in [5.41, 5.74) is 1.95. The minimum atomic E-state index is -0.439. The molecule has 0 aliphatic heterocycles. The Bertz CT molecular complexity index is 1240. The van der Waals surface area contributed by atoms with Gasteiger partial charge in [-0.2, -0.15) is 0 Å². The zero-order valence-corrected chi connectivity index (χ0v) is 14.6. The summed E-state index contributed by atoms with van der Waals surface area (Å²) in [6.45, 7) is 1.32. The van der Waals surface area contributed by atoms with E-state index in [0.29, 0.717) is 25.8 Å². The second kappa shape index (κ2) is 5.98. The fourth-order valence-electron chi connectivity index (χ4n) is 2.63. The van der Waals surface area contributed by atoms with E-state index in [9.17, 15) is 9.59 Å². The first-order chi connectivity index (χ1) is 12.0. The summed E-state index contributed by atoms with van der Waals surface area (Å²) in [5, 5.41) is 0.487. The molecule has 0 aliphatic carbocycles. The average molecular weight is 371 g/mol. The predicted molar refractivity (Wildman–Crippen MR) is 98.4 cm³/mol. The number of aromatic nitrogens is 2. The van der Waals surface area contributed by atoms with Gasteiger partial charge in [0.1, 0.15) is 5.75 Å². The van der Waals surface area contributed by atoms with Gasteiger partial charge in [-0.1, -0.05) is 35.1 Å². The molecule has 0 radical (unpaired) electrons. The Labute approximate surface area is 150 Å². The highest BCUT2D eigenvalue weighted by Crippen LogP contribution is 2.24. The lowest BCUT2D eigenvalue weighted by atomic mass is 10.2. The van der Waals surface area contributed by atoms with E-state index < -0.39 is 5.97 Å². The normalized spacial score (nSPS) is 12.2. The van der Waals surface area contributed by atoms with Crippen molar-refractivity contribution in [3.63, 3.8) is 0 Å². The van der Waals surface area contributed by atoms with Gasteiger partial charge in [0.25, 0.3) is 5.56 Å². The van der Waals surface area contributed by atoms with Gasteiger partial charge in [0, 0.05) is 17.5 Å². The number of rotatable bonds is 2. The molecule has 2 heterocycles. The highest BCUT2D eigenvalue weighted by molar-refractivity contribution is 7.15. The lowest BCUT2D eigenvalue weighted by Crippen LogP contribution is -2.22. The van der Waals surface area contributed by atoms with Crippen LogP contribution < -0.4 is 14.8 Å². The third kappa shape index (κ3) is 2.79. The number of carbonyl (C=O) groups is 1. The minimum absolute atomic E-state index is 0.164. The summed E-state index contributed by atoms with van der Waals surface area (Å²) in [4.78, 5) is 29.2. The van der Waals surface area contributed by atoms with Crippen molar-refractivity contribution in [2.75, 3.05) is 0 Å². The molecule has 2 aromatic heterocycles. The van der Waals surface area contributed by atoms with Crippen LogP contribution in [-0.4, -0.2) is 15.4 Å². The molecular formula is C18H11ClN2O3S. The maximum Gasteiger partial charge on any atom is 0.308 e. The maximum atomic E-state index is 12.8. The van der Waals surface area contributed by atoms with Gasteiger partial charge in [-0.05, 0) is 36.4 Å².